The van der Waals surface area contributed by atoms with E-state index in [0.29, 0.717) is 0 Å². The van der Waals surface area contributed by atoms with Crippen molar-refractivity contribution in [3.8, 4) is 12.1 Å². The van der Waals surface area contributed by atoms with E-state index in [-0.39, 0.29) is 5.57 Å². The van der Waals surface area contributed by atoms with Crippen molar-refractivity contribution in [2.24, 2.45) is 0 Å². The van der Waals surface area contributed by atoms with Gasteiger partial charge in [0.05, 0.1) is 5.69 Å². The number of allylic oxidation sites excluding steroid dienone is 1. The summed E-state index contributed by atoms with van der Waals surface area (Å²) in [5.74, 6) is 0. The highest BCUT2D eigenvalue weighted by molar-refractivity contribution is 5.64. The number of aryl methyl sites for hydroxylation is 2. The van der Waals surface area contributed by atoms with Crippen LogP contribution in [0.1, 0.15) is 23.9 Å². The second-order valence-corrected chi connectivity index (χ2v) is 2.95. The van der Waals surface area contributed by atoms with Crippen LogP contribution in [0.3, 0.4) is 0 Å². The lowest BCUT2D eigenvalue weighted by Crippen LogP contribution is -1.97. The molecule has 1 aromatic heterocycles. The predicted molar refractivity (Wildman–Crippen MR) is 55.4 cm³/mol. The highest BCUT2D eigenvalue weighted by atomic mass is 14.8. The van der Waals surface area contributed by atoms with Crippen LogP contribution in [-0.4, -0.2) is 9.97 Å². The lowest BCUT2D eigenvalue weighted by molar-refractivity contribution is 0.966. The van der Waals surface area contributed by atoms with Crippen LogP contribution in [-0.2, 0) is 6.42 Å². The van der Waals surface area contributed by atoms with Gasteiger partial charge < -0.3 is 0 Å². The number of nitrogens with zero attached hydrogens (tertiary/aromatic N) is 4. The Morgan fingerprint density at radius 2 is 2.07 bits per heavy atom. The van der Waals surface area contributed by atoms with Gasteiger partial charge in [0.25, 0.3) is 0 Å². The molecule has 0 atom stereocenters. The van der Waals surface area contributed by atoms with Gasteiger partial charge in [0.1, 0.15) is 24.0 Å². The minimum atomic E-state index is 0.0719. The summed E-state index contributed by atoms with van der Waals surface area (Å²) in [4.78, 5) is 8.14. The van der Waals surface area contributed by atoms with E-state index in [0.717, 1.165) is 23.4 Å². The second kappa shape index (κ2) is 4.88. The molecule has 1 aromatic rings. The maximum Gasteiger partial charge on any atom is 0.130 e. The molecule has 1 rings (SSSR count). The van der Waals surface area contributed by atoms with Gasteiger partial charge >= 0.3 is 0 Å². The molecule has 1 heterocycles. The largest absolute Gasteiger partial charge is 0.241 e. The van der Waals surface area contributed by atoms with Gasteiger partial charge in [-0.1, -0.05) is 6.92 Å². The van der Waals surface area contributed by atoms with E-state index in [2.05, 4.69) is 9.97 Å². The Morgan fingerprint density at radius 3 is 2.60 bits per heavy atom. The molecular weight excluding hydrogens is 188 g/mol. The molecule has 0 amide bonds. The Balaban J connectivity index is 3.32. The molecule has 74 valence electrons. The normalized spacial score (nSPS) is 8.80. The molecule has 0 N–H and O–H groups in total. The van der Waals surface area contributed by atoms with Crippen molar-refractivity contribution in [1.82, 2.24) is 9.97 Å². The van der Waals surface area contributed by atoms with Crippen molar-refractivity contribution in [3.05, 3.63) is 28.9 Å². The minimum absolute atomic E-state index is 0.0719. The van der Waals surface area contributed by atoms with E-state index in [9.17, 15) is 0 Å². The number of aromatic nitrogens is 2. The molecule has 0 spiro atoms. The molecule has 0 aliphatic rings. The highest BCUT2D eigenvalue weighted by Crippen LogP contribution is 2.14. The number of nitriles is 2. The summed E-state index contributed by atoms with van der Waals surface area (Å²) in [5.41, 5.74) is 2.48. The molecule has 0 bridgehead atoms. The van der Waals surface area contributed by atoms with Crippen molar-refractivity contribution >= 4 is 6.08 Å². The van der Waals surface area contributed by atoms with E-state index >= 15 is 0 Å². The Morgan fingerprint density at radius 1 is 1.40 bits per heavy atom. The van der Waals surface area contributed by atoms with Crippen LogP contribution in [0, 0.1) is 29.6 Å². The quantitative estimate of drug-likeness (QED) is 0.679. The maximum absolute atomic E-state index is 8.66. The van der Waals surface area contributed by atoms with Crippen LogP contribution in [0.2, 0.25) is 0 Å². The molecule has 0 fully saturated rings. The summed E-state index contributed by atoms with van der Waals surface area (Å²) < 4.78 is 0. The third kappa shape index (κ3) is 2.38. The Hall–Kier alpha value is -2.20. The summed E-state index contributed by atoms with van der Waals surface area (Å²) in [6.07, 6.45) is 3.78. The number of hydrogen-bond donors (Lipinski definition) is 0. The van der Waals surface area contributed by atoms with Gasteiger partial charge in [-0.05, 0) is 19.4 Å². The van der Waals surface area contributed by atoms with E-state index in [1.54, 1.807) is 0 Å². The van der Waals surface area contributed by atoms with E-state index in [1.165, 1.54) is 12.4 Å². The van der Waals surface area contributed by atoms with Gasteiger partial charge in [0.2, 0.25) is 0 Å². The molecule has 0 saturated carbocycles. The average molecular weight is 198 g/mol. The van der Waals surface area contributed by atoms with Crippen molar-refractivity contribution < 1.29 is 0 Å². The number of rotatable bonds is 2. The SMILES string of the molecule is CCc1ncnc(C)c1C=C(C#N)C#N. The van der Waals surface area contributed by atoms with Crippen molar-refractivity contribution in [2.45, 2.75) is 20.3 Å². The Bertz CT molecular complexity index is 458. The topological polar surface area (TPSA) is 73.4 Å². The lowest BCUT2D eigenvalue weighted by atomic mass is 10.1. The lowest BCUT2D eigenvalue weighted by Gasteiger charge is -2.04. The minimum Gasteiger partial charge on any atom is -0.241 e. The second-order valence-electron chi connectivity index (χ2n) is 2.95. The summed E-state index contributed by atoms with van der Waals surface area (Å²) in [5, 5.41) is 17.3. The van der Waals surface area contributed by atoms with Gasteiger partial charge in [-0.25, -0.2) is 9.97 Å². The van der Waals surface area contributed by atoms with Gasteiger partial charge in [-0.15, -0.1) is 0 Å². The van der Waals surface area contributed by atoms with Gasteiger partial charge in [0.15, 0.2) is 0 Å². The first-order valence-electron chi connectivity index (χ1n) is 4.55. The Labute approximate surface area is 88.5 Å². The van der Waals surface area contributed by atoms with Crippen molar-refractivity contribution in [1.29, 1.82) is 10.5 Å². The smallest absolute Gasteiger partial charge is 0.130 e. The molecular formula is C11H10N4. The molecule has 0 aliphatic heterocycles. The summed E-state index contributed by atoms with van der Waals surface area (Å²) >= 11 is 0. The van der Waals surface area contributed by atoms with Crippen LogP contribution >= 0.6 is 0 Å². The van der Waals surface area contributed by atoms with Crippen molar-refractivity contribution in [3.63, 3.8) is 0 Å². The van der Waals surface area contributed by atoms with E-state index in [1.807, 2.05) is 26.0 Å². The molecule has 0 unspecified atom stereocenters. The van der Waals surface area contributed by atoms with Crippen molar-refractivity contribution in [2.75, 3.05) is 0 Å². The first kappa shape index (κ1) is 10.9. The molecule has 4 nitrogen and oxygen atoms in total. The highest BCUT2D eigenvalue weighted by Gasteiger charge is 2.05. The zero-order valence-corrected chi connectivity index (χ0v) is 8.65. The average Bonchev–Trinajstić information content (AvgIpc) is 2.27. The molecule has 0 radical (unpaired) electrons. The molecule has 0 saturated heterocycles. The third-order valence-electron chi connectivity index (χ3n) is 2.03. The molecule has 0 aromatic carbocycles. The molecule has 4 heteroatoms. The van der Waals surface area contributed by atoms with Crippen LogP contribution in [0.4, 0.5) is 0 Å². The monoisotopic (exact) mass is 198 g/mol. The summed E-state index contributed by atoms with van der Waals surface area (Å²) in [7, 11) is 0. The van der Waals surface area contributed by atoms with Gasteiger partial charge in [-0.2, -0.15) is 10.5 Å². The van der Waals surface area contributed by atoms with Crippen LogP contribution in [0.15, 0.2) is 11.9 Å². The summed E-state index contributed by atoms with van der Waals surface area (Å²) in [6.45, 7) is 3.80. The van der Waals surface area contributed by atoms with Crippen LogP contribution in [0.5, 0.6) is 0 Å². The fraction of sp³-hybridized carbons (Fsp3) is 0.273. The zero-order valence-electron chi connectivity index (χ0n) is 8.65. The first-order chi connectivity index (χ1) is 7.22. The van der Waals surface area contributed by atoms with Gasteiger partial charge in [-0.3, -0.25) is 0 Å². The zero-order chi connectivity index (χ0) is 11.3. The predicted octanol–water partition coefficient (Wildman–Crippen LogP) is 1.78. The van der Waals surface area contributed by atoms with E-state index in [4.69, 9.17) is 10.5 Å². The fourth-order valence-electron chi connectivity index (χ4n) is 1.24. The maximum atomic E-state index is 8.66. The van der Waals surface area contributed by atoms with E-state index < -0.39 is 0 Å². The first-order valence-corrected chi connectivity index (χ1v) is 4.55. The third-order valence-corrected chi connectivity index (χ3v) is 2.03. The van der Waals surface area contributed by atoms with Crippen LogP contribution < -0.4 is 0 Å². The van der Waals surface area contributed by atoms with Crippen LogP contribution in [0.25, 0.3) is 6.08 Å². The Kier molecular flexibility index (Phi) is 3.54. The molecule has 15 heavy (non-hydrogen) atoms. The summed E-state index contributed by atoms with van der Waals surface area (Å²) in [6, 6.07) is 3.65. The fourth-order valence-corrected chi connectivity index (χ4v) is 1.24. The standard InChI is InChI=1S/C11H10N4/c1-3-11-10(4-9(5-12)6-13)8(2)14-7-15-11/h4,7H,3H2,1-2H3. The number of hydrogen-bond acceptors (Lipinski definition) is 4. The molecule has 0 aliphatic carbocycles. The van der Waals surface area contributed by atoms with Gasteiger partial charge in [0, 0.05) is 11.3 Å².